The van der Waals surface area contributed by atoms with Gasteiger partial charge in [-0.2, -0.15) is 0 Å². The van der Waals surface area contributed by atoms with E-state index in [1.165, 1.54) is 11.1 Å². The van der Waals surface area contributed by atoms with Gasteiger partial charge in [-0.1, -0.05) is 45.1 Å². The zero-order chi connectivity index (χ0) is 11.7. The van der Waals surface area contributed by atoms with Crippen LogP contribution in [0.25, 0.3) is 12.2 Å². The lowest BCUT2D eigenvalue weighted by atomic mass is 9.93. The summed E-state index contributed by atoms with van der Waals surface area (Å²) in [5.41, 5.74) is 3.57. The molecule has 2 rings (SSSR count). The third-order valence-corrected chi connectivity index (χ3v) is 3.00. The van der Waals surface area contributed by atoms with Gasteiger partial charge in [0.15, 0.2) is 0 Å². The molecule has 0 bridgehead atoms. The topological polar surface area (TPSA) is 20.2 Å². The molecular weight excluding hydrogens is 196 g/mol. The molecule has 16 heavy (non-hydrogen) atoms. The molecule has 0 spiro atoms. The lowest BCUT2D eigenvalue weighted by Crippen LogP contribution is -1.94. The van der Waals surface area contributed by atoms with Gasteiger partial charge in [-0.05, 0) is 40.7 Å². The molecule has 1 nitrogen and oxygen atoms in total. The van der Waals surface area contributed by atoms with E-state index in [4.69, 9.17) is 0 Å². The Morgan fingerprint density at radius 1 is 1.12 bits per heavy atom. The van der Waals surface area contributed by atoms with Gasteiger partial charge in [0.1, 0.15) is 5.75 Å². The highest BCUT2D eigenvalue weighted by Crippen LogP contribution is 2.31. The van der Waals surface area contributed by atoms with Crippen molar-refractivity contribution in [3.05, 3.63) is 41.0 Å². The van der Waals surface area contributed by atoms with Crippen LogP contribution in [0.5, 0.6) is 5.75 Å². The van der Waals surface area contributed by atoms with E-state index in [1.54, 1.807) is 0 Å². The van der Waals surface area contributed by atoms with E-state index >= 15 is 0 Å². The van der Waals surface area contributed by atoms with Crippen LogP contribution in [0, 0.1) is 5.92 Å². The molecule has 0 aliphatic heterocycles. The summed E-state index contributed by atoms with van der Waals surface area (Å²) in [5, 5.41) is 9.72. The number of phenols is 1. The number of fused-ring (bicyclic) bond motifs is 1. The van der Waals surface area contributed by atoms with Crippen molar-refractivity contribution in [1.29, 1.82) is 0 Å². The molecule has 1 aliphatic carbocycles. The van der Waals surface area contributed by atoms with Crippen LogP contribution in [-0.4, -0.2) is 5.11 Å². The Balaban J connectivity index is 2.63. The Hall–Kier alpha value is -1.50. The second-order valence-electron chi connectivity index (χ2n) is 4.77. The van der Waals surface area contributed by atoms with Gasteiger partial charge < -0.3 is 5.11 Å². The van der Waals surface area contributed by atoms with E-state index in [0.717, 1.165) is 5.56 Å². The molecule has 1 unspecified atom stereocenters. The average Bonchev–Trinajstić information content (AvgIpc) is 2.40. The first-order valence-corrected chi connectivity index (χ1v) is 5.81. The lowest BCUT2D eigenvalue weighted by Gasteiger charge is -2.13. The van der Waals surface area contributed by atoms with E-state index in [9.17, 15) is 5.11 Å². The molecule has 0 amide bonds. The molecule has 1 aromatic rings. The van der Waals surface area contributed by atoms with E-state index in [1.807, 2.05) is 12.1 Å². The number of hydrogen-bond donors (Lipinski definition) is 1. The van der Waals surface area contributed by atoms with Gasteiger partial charge in [0.2, 0.25) is 0 Å². The monoisotopic (exact) mass is 214 g/mol. The number of benzene rings is 1. The van der Waals surface area contributed by atoms with Gasteiger partial charge in [-0.25, -0.2) is 0 Å². The van der Waals surface area contributed by atoms with E-state index < -0.39 is 0 Å². The number of rotatable bonds is 1. The van der Waals surface area contributed by atoms with Gasteiger partial charge in [0.05, 0.1) is 0 Å². The maximum absolute atomic E-state index is 9.72. The van der Waals surface area contributed by atoms with Crippen LogP contribution in [0.1, 0.15) is 43.4 Å². The summed E-state index contributed by atoms with van der Waals surface area (Å²) >= 11 is 0. The highest BCUT2D eigenvalue weighted by Gasteiger charge is 2.11. The minimum Gasteiger partial charge on any atom is -0.508 e. The Morgan fingerprint density at radius 2 is 1.81 bits per heavy atom. The fraction of sp³-hybridized carbons (Fsp3) is 0.333. The largest absolute Gasteiger partial charge is 0.508 e. The molecule has 1 N–H and O–H groups in total. The van der Waals surface area contributed by atoms with E-state index in [0.29, 0.717) is 17.6 Å². The van der Waals surface area contributed by atoms with Crippen LogP contribution < -0.4 is 0 Å². The average molecular weight is 214 g/mol. The molecule has 1 aromatic carbocycles. The van der Waals surface area contributed by atoms with Crippen molar-refractivity contribution in [1.82, 2.24) is 0 Å². The lowest BCUT2D eigenvalue weighted by molar-refractivity contribution is 0.474. The second-order valence-corrected chi connectivity index (χ2v) is 4.77. The number of hydrogen-bond acceptors (Lipinski definition) is 1. The van der Waals surface area contributed by atoms with Crippen LogP contribution in [0.3, 0.4) is 0 Å². The smallest absolute Gasteiger partial charge is 0.116 e. The van der Waals surface area contributed by atoms with Gasteiger partial charge in [0, 0.05) is 0 Å². The first kappa shape index (κ1) is 11.0. The van der Waals surface area contributed by atoms with Crippen molar-refractivity contribution in [2.75, 3.05) is 0 Å². The fourth-order valence-electron chi connectivity index (χ4n) is 2.06. The Bertz CT molecular complexity index is 453. The first-order valence-electron chi connectivity index (χ1n) is 5.81. The second kappa shape index (κ2) is 4.17. The van der Waals surface area contributed by atoms with Crippen molar-refractivity contribution in [2.45, 2.75) is 26.7 Å². The predicted molar refractivity (Wildman–Crippen MR) is 69.4 cm³/mol. The van der Waals surface area contributed by atoms with Crippen molar-refractivity contribution in [3.8, 4) is 5.75 Å². The fourth-order valence-corrected chi connectivity index (χ4v) is 2.06. The number of phenolic OH excluding ortho intramolecular Hbond substituents is 1. The summed E-state index contributed by atoms with van der Waals surface area (Å²) < 4.78 is 0. The van der Waals surface area contributed by atoms with Gasteiger partial charge in [0.25, 0.3) is 0 Å². The Kier molecular flexibility index (Phi) is 2.86. The minimum atomic E-state index is 0.357. The molecule has 0 aromatic heterocycles. The summed E-state index contributed by atoms with van der Waals surface area (Å²) in [5.74, 6) is 1.23. The van der Waals surface area contributed by atoms with Crippen molar-refractivity contribution in [3.63, 3.8) is 0 Å². The summed E-state index contributed by atoms with van der Waals surface area (Å²) in [6.07, 6.45) is 8.64. The molecule has 1 atom stereocenters. The standard InChI is InChI=1S/C15H18O/c1-10(2)15-9-13(16)8-12-6-4-11(3)5-7-14(12)15/h4-11,16H,1-3H3. The summed E-state index contributed by atoms with van der Waals surface area (Å²) in [6.45, 7) is 6.47. The van der Waals surface area contributed by atoms with E-state index in [-0.39, 0.29) is 0 Å². The molecule has 0 radical (unpaired) electrons. The molecule has 0 saturated carbocycles. The van der Waals surface area contributed by atoms with Crippen LogP contribution in [-0.2, 0) is 0 Å². The summed E-state index contributed by atoms with van der Waals surface area (Å²) in [4.78, 5) is 0. The van der Waals surface area contributed by atoms with Gasteiger partial charge in [-0.15, -0.1) is 0 Å². The zero-order valence-electron chi connectivity index (χ0n) is 10.1. The Morgan fingerprint density at radius 3 is 2.50 bits per heavy atom. The molecule has 1 heteroatoms. The van der Waals surface area contributed by atoms with Crippen LogP contribution in [0.2, 0.25) is 0 Å². The summed E-state index contributed by atoms with van der Waals surface area (Å²) in [6, 6.07) is 3.71. The third-order valence-electron chi connectivity index (χ3n) is 3.00. The normalized spacial score (nSPS) is 18.6. The highest BCUT2D eigenvalue weighted by atomic mass is 16.3. The predicted octanol–water partition coefficient (Wildman–Crippen LogP) is 4.19. The van der Waals surface area contributed by atoms with Crippen molar-refractivity contribution in [2.24, 2.45) is 5.92 Å². The molecular formula is C15H18O. The quantitative estimate of drug-likeness (QED) is 0.743. The van der Waals surface area contributed by atoms with Gasteiger partial charge >= 0.3 is 0 Å². The first-order chi connectivity index (χ1) is 7.58. The van der Waals surface area contributed by atoms with Crippen molar-refractivity contribution >= 4 is 12.2 Å². The van der Waals surface area contributed by atoms with Crippen LogP contribution in [0.15, 0.2) is 24.3 Å². The minimum absolute atomic E-state index is 0.357. The molecule has 1 aliphatic rings. The van der Waals surface area contributed by atoms with Gasteiger partial charge in [-0.3, -0.25) is 0 Å². The third kappa shape index (κ3) is 2.04. The molecule has 84 valence electrons. The number of aromatic hydroxyl groups is 1. The van der Waals surface area contributed by atoms with Crippen molar-refractivity contribution < 1.29 is 5.11 Å². The molecule has 0 heterocycles. The molecule has 0 saturated heterocycles. The Labute approximate surface area is 97.1 Å². The maximum atomic E-state index is 9.72. The number of allylic oxidation sites excluding steroid dienone is 2. The maximum Gasteiger partial charge on any atom is 0.116 e. The summed E-state index contributed by atoms with van der Waals surface area (Å²) in [7, 11) is 0. The zero-order valence-corrected chi connectivity index (χ0v) is 10.1. The van der Waals surface area contributed by atoms with Crippen LogP contribution in [0.4, 0.5) is 0 Å². The molecule has 0 fully saturated rings. The van der Waals surface area contributed by atoms with E-state index in [2.05, 4.69) is 45.1 Å². The SMILES string of the molecule is CC1C=Cc2cc(O)cc(C(C)C)c2C=C1. The highest BCUT2D eigenvalue weighted by molar-refractivity contribution is 5.72. The van der Waals surface area contributed by atoms with Crippen LogP contribution >= 0.6 is 0 Å².